The molecular weight excluding hydrogens is 274 g/mol. The second-order valence-corrected chi connectivity index (χ2v) is 5.76. The van der Waals surface area contributed by atoms with Gasteiger partial charge < -0.3 is 15.3 Å². The Balaban J connectivity index is 1.85. The van der Waals surface area contributed by atoms with Crippen molar-refractivity contribution in [1.82, 2.24) is 15.1 Å². The summed E-state index contributed by atoms with van der Waals surface area (Å²) in [4.78, 5) is 38.7. The highest BCUT2D eigenvalue weighted by Crippen LogP contribution is 2.33. The lowest BCUT2D eigenvalue weighted by atomic mass is 9.94. The highest BCUT2D eigenvalue weighted by Gasteiger charge is 2.40. The van der Waals surface area contributed by atoms with Gasteiger partial charge in [-0.25, -0.2) is 0 Å². The van der Waals surface area contributed by atoms with E-state index in [4.69, 9.17) is 0 Å². The number of amides is 2. The van der Waals surface area contributed by atoms with Crippen molar-refractivity contribution >= 4 is 17.8 Å². The minimum Gasteiger partial charge on any atom is -0.481 e. The van der Waals surface area contributed by atoms with Crippen LogP contribution < -0.4 is 5.32 Å². The standard InChI is InChI=1S/C14H23N3O4/c1-15-12(18)9-16-5-7-17(8-6-16)13(19)10-3-2-4-11(10)14(20)21/h10-11H,2-9H2,1H3,(H,15,18)(H,20,21). The van der Waals surface area contributed by atoms with Gasteiger partial charge in [-0.3, -0.25) is 19.3 Å². The number of carbonyl (C=O) groups is 3. The number of nitrogens with zero attached hydrogens (tertiary/aromatic N) is 2. The summed E-state index contributed by atoms with van der Waals surface area (Å²) in [6.45, 7) is 2.80. The molecule has 1 saturated heterocycles. The summed E-state index contributed by atoms with van der Waals surface area (Å²) < 4.78 is 0. The van der Waals surface area contributed by atoms with E-state index in [0.29, 0.717) is 45.6 Å². The van der Waals surface area contributed by atoms with Gasteiger partial charge in [0.15, 0.2) is 0 Å². The minimum absolute atomic E-state index is 0.0282. The fraction of sp³-hybridized carbons (Fsp3) is 0.786. The van der Waals surface area contributed by atoms with Crippen molar-refractivity contribution in [2.24, 2.45) is 11.8 Å². The second-order valence-electron chi connectivity index (χ2n) is 5.76. The maximum atomic E-state index is 12.5. The molecule has 7 heteroatoms. The predicted octanol–water partition coefficient (Wildman–Crippen LogP) is -0.622. The zero-order chi connectivity index (χ0) is 15.4. The maximum absolute atomic E-state index is 12.5. The van der Waals surface area contributed by atoms with Gasteiger partial charge >= 0.3 is 5.97 Å². The van der Waals surface area contributed by atoms with E-state index in [1.807, 2.05) is 4.90 Å². The Morgan fingerprint density at radius 2 is 1.71 bits per heavy atom. The van der Waals surface area contributed by atoms with Crippen LogP contribution in [0.1, 0.15) is 19.3 Å². The van der Waals surface area contributed by atoms with Crippen molar-refractivity contribution in [3.63, 3.8) is 0 Å². The Hall–Kier alpha value is -1.63. The van der Waals surface area contributed by atoms with Gasteiger partial charge in [0.05, 0.1) is 18.4 Å². The summed E-state index contributed by atoms with van der Waals surface area (Å²) >= 11 is 0. The van der Waals surface area contributed by atoms with Crippen molar-refractivity contribution < 1.29 is 19.5 Å². The van der Waals surface area contributed by atoms with E-state index in [2.05, 4.69) is 5.32 Å². The highest BCUT2D eigenvalue weighted by atomic mass is 16.4. The van der Waals surface area contributed by atoms with Crippen molar-refractivity contribution in [2.45, 2.75) is 19.3 Å². The molecule has 2 atom stereocenters. The fourth-order valence-electron chi connectivity index (χ4n) is 3.19. The first-order chi connectivity index (χ1) is 10.0. The van der Waals surface area contributed by atoms with Crippen molar-refractivity contribution in [2.75, 3.05) is 39.8 Å². The Morgan fingerprint density at radius 3 is 2.29 bits per heavy atom. The Bertz CT molecular complexity index is 418. The van der Waals surface area contributed by atoms with E-state index in [1.54, 1.807) is 11.9 Å². The van der Waals surface area contributed by atoms with Crippen LogP contribution in [0.5, 0.6) is 0 Å². The zero-order valence-corrected chi connectivity index (χ0v) is 12.4. The van der Waals surface area contributed by atoms with E-state index in [0.717, 1.165) is 6.42 Å². The second kappa shape index (κ2) is 6.89. The summed E-state index contributed by atoms with van der Waals surface area (Å²) in [6.07, 6.45) is 2.08. The van der Waals surface area contributed by atoms with Gasteiger partial charge in [-0.05, 0) is 12.8 Å². The minimum atomic E-state index is -0.857. The van der Waals surface area contributed by atoms with Crippen LogP contribution in [0.15, 0.2) is 0 Å². The smallest absolute Gasteiger partial charge is 0.307 e. The normalized spacial score (nSPS) is 26.6. The number of carbonyl (C=O) groups excluding carboxylic acids is 2. The van der Waals surface area contributed by atoms with E-state index in [-0.39, 0.29) is 17.7 Å². The average Bonchev–Trinajstić information content (AvgIpc) is 2.96. The molecule has 118 valence electrons. The molecule has 2 N–H and O–H groups in total. The maximum Gasteiger partial charge on any atom is 0.307 e. The van der Waals surface area contributed by atoms with Crippen molar-refractivity contribution in [3.8, 4) is 0 Å². The van der Waals surface area contributed by atoms with Gasteiger partial charge in [0.1, 0.15) is 0 Å². The number of carboxylic acids is 1. The molecule has 2 fully saturated rings. The van der Waals surface area contributed by atoms with Gasteiger partial charge in [-0.1, -0.05) is 6.42 Å². The van der Waals surface area contributed by atoms with Crippen LogP contribution in [-0.2, 0) is 14.4 Å². The molecule has 2 amide bonds. The molecule has 21 heavy (non-hydrogen) atoms. The lowest BCUT2D eigenvalue weighted by Crippen LogP contribution is -2.52. The van der Waals surface area contributed by atoms with Crippen LogP contribution in [-0.4, -0.2) is 72.5 Å². The molecule has 0 aromatic heterocycles. The number of carboxylic acid groups (broad SMARTS) is 1. The molecule has 0 spiro atoms. The fourth-order valence-corrected chi connectivity index (χ4v) is 3.19. The first-order valence-corrected chi connectivity index (χ1v) is 7.47. The molecule has 2 unspecified atom stereocenters. The largest absolute Gasteiger partial charge is 0.481 e. The molecule has 0 aromatic rings. The van der Waals surface area contributed by atoms with Crippen molar-refractivity contribution in [1.29, 1.82) is 0 Å². The van der Waals surface area contributed by atoms with E-state index < -0.39 is 11.9 Å². The van der Waals surface area contributed by atoms with Gasteiger partial charge in [-0.2, -0.15) is 0 Å². The SMILES string of the molecule is CNC(=O)CN1CCN(C(=O)C2CCCC2C(=O)O)CC1. The molecule has 7 nitrogen and oxygen atoms in total. The number of aliphatic carboxylic acids is 1. The summed E-state index contributed by atoms with van der Waals surface area (Å²) in [5.41, 5.74) is 0. The van der Waals surface area contributed by atoms with E-state index in [9.17, 15) is 19.5 Å². The average molecular weight is 297 g/mol. The molecule has 1 saturated carbocycles. The lowest BCUT2D eigenvalue weighted by molar-refractivity contribution is -0.149. The molecule has 0 radical (unpaired) electrons. The molecule has 1 aliphatic carbocycles. The molecule has 2 rings (SSSR count). The van der Waals surface area contributed by atoms with Crippen LogP contribution in [0, 0.1) is 11.8 Å². The predicted molar refractivity (Wildman–Crippen MR) is 75.6 cm³/mol. The molecular formula is C14H23N3O4. The summed E-state index contributed by atoms with van der Waals surface area (Å²) in [5, 5.41) is 11.8. The number of hydrogen-bond donors (Lipinski definition) is 2. The number of hydrogen-bond acceptors (Lipinski definition) is 4. The monoisotopic (exact) mass is 297 g/mol. The molecule has 2 aliphatic rings. The molecule has 1 heterocycles. The van der Waals surface area contributed by atoms with Crippen molar-refractivity contribution in [3.05, 3.63) is 0 Å². The lowest BCUT2D eigenvalue weighted by Gasteiger charge is -2.36. The summed E-state index contributed by atoms with van der Waals surface area (Å²) in [6, 6.07) is 0. The number of nitrogens with one attached hydrogen (secondary N) is 1. The summed E-state index contributed by atoms with van der Waals surface area (Å²) in [5.74, 6) is -1.81. The van der Waals surface area contributed by atoms with Crippen LogP contribution in [0.2, 0.25) is 0 Å². The Morgan fingerprint density at radius 1 is 1.10 bits per heavy atom. The third-order valence-electron chi connectivity index (χ3n) is 4.48. The first-order valence-electron chi connectivity index (χ1n) is 7.47. The molecule has 0 bridgehead atoms. The third kappa shape index (κ3) is 3.72. The zero-order valence-electron chi connectivity index (χ0n) is 12.4. The first kappa shape index (κ1) is 15.8. The van der Waals surface area contributed by atoms with Crippen LogP contribution in [0.3, 0.4) is 0 Å². The van der Waals surface area contributed by atoms with E-state index >= 15 is 0 Å². The number of piperazine rings is 1. The van der Waals surface area contributed by atoms with E-state index in [1.165, 1.54) is 0 Å². The Labute approximate surface area is 124 Å². The van der Waals surface area contributed by atoms with Gasteiger partial charge in [0.2, 0.25) is 11.8 Å². The van der Waals surface area contributed by atoms with Crippen LogP contribution in [0.4, 0.5) is 0 Å². The van der Waals surface area contributed by atoms with Gasteiger partial charge in [-0.15, -0.1) is 0 Å². The molecule has 1 aliphatic heterocycles. The van der Waals surface area contributed by atoms with Crippen LogP contribution in [0.25, 0.3) is 0 Å². The van der Waals surface area contributed by atoms with Crippen LogP contribution >= 0.6 is 0 Å². The number of rotatable bonds is 4. The Kier molecular flexibility index (Phi) is 5.17. The number of likely N-dealkylation sites (N-methyl/N-ethyl adjacent to an activating group) is 1. The quantitative estimate of drug-likeness (QED) is 0.721. The van der Waals surface area contributed by atoms with Gasteiger partial charge in [0.25, 0.3) is 0 Å². The third-order valence-corrected chi connectivity index (χ3v) is 4.48. The summed E-state index contributed by atoms with van der Waals surface area (Å²) in [7, 11) is 1.61. The molecule has 0 aromatic carbocycles. The van der Waals surface area contributed by atoms with Gasteiger partial charge in [0, 0.05) is 33.2 Å². The topological polar surface area (TPSA) is 90.0 Å². The highest BCUT2D eigenvalue weighted by molar-refractivity contribution is 5.85.